The van der Waals surface area contributed by atoms with Crippen molar-refractivity contribution in [2.24, 2.45) is 0 Å². The van der Waals surface area contributed by atoms with Crippen LogP contribution in [0.1, 0.15) is 18.0 Å². The number of likely N-dealkylation sites (N-methyl/N-ethyl adjacent to an activating group) is 1. The van der Waals surface area contributed by atoms with Crippen molar-refractivity contribution in [1.29, 1.82) is 0 Å². The average molecular weight is 322 g/mol. The molecule has 1 amide bonds. The fourth-order valence-electron chi connectivity index (χ4n) is 2.18. The van der Waals surface area contributed by atoms with Crippen LogP contribution in [0.2, 0.25) is 5.02 Å². The summed E-state index contributed by atoms with van der Waals surface area (Å²) in [7, 11) is 3.94. The lowest BCUT2D eigenvalue weighted by molar-refractivity contribution is -0.121. The lowest BCUT2D eigenvalue weighted by atomic mass is 10.1. The van der Waals surface area contributed by atoms with Crippen LogP contribution in [0.15, 0.2) is 36.9 Å². The third kappa shape index (κ3) is 4.54. The number of nitrogens with one attached hydrogen (secondary N) is 1. The molecule has 7 heteroatoms. The van der Waals surface area contributed by atoms with Crippen LogP contribution >= 0.6 is 11.6 Å². The van der Waals surface area contributed by atoms with Gasteiger partial charge in [0.1, 0.15) is 12.7 Å². The Balaban J connectivity index is 1.89. The highest BCUT2D eigenvalue weighted by Gasteiger charge is 2.17. The van der Waals surface area contributed by atoms with E-state index in [2.05, 4.69) is 15.4 Å². The van der Waals surface area contributed by atoms with E-state index in [1.165, 1.54) is 6.33 Å². The second-order valence-electron chi connectivity index (χ2n) is 5.21. The first-order valence-electron chi connectivity index (χ1n) is 7.08. The summed E-state index contributed by atoms with van der Waals surface area (Å²) < 4.78 is 1.64. The number of hydrogen-bond donors (Lipinski definition) is 1. The number of hydrogen-bond acceptors (Lipinski definition) is 4. The Morgan fingerprint density at radius 3 is 2.82 bits per heavy atom. The summed E-state index contributed by atoms with van der Waals surface area (Å²) in [5.41, 5.74) is 1.01. The van der Waals surface area contributed by atoms with Crippen LogP contribution in [-0.4, -0.2) is 46.2 Å². The fourth-order valence-corrected chi connectivity index (χ4v) is 2.44. The van der Waals surface area contributed by atoms with Crippen LogP contribution in [-0.2, 0) is 11.3 Å². The van der Waals surface area contributed by atoms with Gasteiger partial charge in [-0.25, -0.2) is 4.98 Å². The molecule has 2 rings (SSSR count). The number of halogens is 1. The van der Waals surface area contributed by atoms with Gasteiger partial charge in [-0.05, 0) is 25.7 Å². The van der Waals surface area contributed by atoms with Crippen LogP contribution in [0.3, 0.4) is 0 Å². The summed E-state index contributed by atoms with van der Waals surface area (Å²) in [4.78, 5) is 17.8. The van der Waals surface area contributed by atoms with Gasteiger partial charge >= 0.3 is 0 Å². The number of aromatic nitrogens is 3. The number of amides is 1. The highest BCUT2D eigenvalue weighted by Crippen LogP contribution is 2.25. The van der Waals surface area contributed by atoms with Gasteiger partial charge in [0.25, 0.3) is 0 Å². The Kier molecular flexibility index (Phi) is 5.91. The first-order chi connectivity index (χ1) is 10.6. The van der Waals surface area contributed by atoms with E-state index in [0.717, 1.165) is 5.56 Å². The zero-order valence-corrected chi connectivity index (χ0v) is 13.5. The molecule has 0 saturated heterocycles. The summed E-state index contributed by atoms with van der Waals surface area (Å²) in [6.45, 7) is 1.03. The molecule has 0 aliphatic carbocycles. The van der Waals surface area contributed by atoms with Gasteiger partial charge in [-0.15, -0.1) is 0 Å². The number of benzene rings is 1. The smallest absolute Gasteiger partial charge is 0.221 e. The van der Waals surface area contributed by atoms with Crippen molar-refractivity contribution in [3.8, 4) is 0 Å². The minimum absolute atomic E-state index is 0.0191. The molecular formula is C15H20ClN5O. The van der Waals surface area contributed by atoms with Crippen LogP contribution in [0.4, 0.5) is 0 Å². The summed E-state index contributed by atoms with van der Waals surface area (Å²) in [5, 5.41) is 7.63. The molecule has 0 fully saturated rings. The molecule has 0 aliphatic rings. The Bertz CT molecular complexity index is 600. The van der Waals surface area contributed by atoms with Crippen molar-refractivity contribution in [3.63, 3.8) is 0 Å². The number of rotatable bonds is 7. The van der Waals surface area contributed by atoms with Gasteiger partial charge in [-0.3, -0.25) is 9.48 Å². The quantitative estimate of drug-likeness (QED) is 0.843. The average Bonchev–Trinajstić information content (AvgIpc) is 3.00. The second kappa shape index (κ2) is 7.91. The molecule has 0 spiro atoms. The van der Waals surface area contributed by atoms with Crippen LogP contribution < -0.4 is 5.32 Å². The Morgan fingerprint density at radius 1 is 1.41 bits per heavy atom. The second-order valence-corrected chi connectivity index (χ2v) is 5.62. The van der Waals surface area contributed by atoms with Gasteiger partial charge in [-0.2, -0.15) is 5.10 Å². The number of carbonyl (C=O) groups excluding carboxylic acids is 1. The topological polar surface area (TPSA) is 63.1 Å². The SMILES string of the molecule is CN(C)[C@@H](CNC(=O)CCn1cncn1)c1ccccc1Cl. The Hall–Kier alpha value is -1.92. The molecule has 2 aromatic rings. The molecule has 0 bridgehead atoms. The molecule has 1 atom stereocenters. The van der Waals surface area contributed by atoms with E-state index in [-0.39, 0.29) is 11.9 Å². The van der Waals surface area contributed by atoms with Crippen LogP contribution in [0.25, 0.3) is 0 Å². The summed E-state index contributed by atoms with van der Waals surface area (Å²) in [6.07, 6.45) is 3.42. The minimum atomic E-state index is -0.0191. The van der Waals surface area contributed by atoms with Crippen molar-refractivity contribution < 1.29 is 4.79 Å². The van der Waals surface area contributed by atoms with E-state index in [1.54, 1.807) is 11.0 Å². The monoisotopic (exact) mass is 321 g/mol. The van der Waals surface area contributed by atoms with E-state index >= 15 is 0 Å². The molecule has 0 unspecified atom stereocenters. The molecule has 1 aromatic carbocycles. The van der Waals surface area contributed by atoms with Crippen molar-refractivity contribution in [3.05, 3.63) is 47.5 Å². The maximum absolute atomic E-state index is 12.0. The van der Waals surface area contributed by atoms with E-state index in [0.29, 0.717) is 24.5 Å². The van der Waals surface area contributed by atoms with Crippen LogP contribution in [0.5, 0.6) is 0 Å². The van der Waals surface area contributed by atoms with Gasteiger partial charge in [0.05, 0.1) is 12.6 Å². The Morgan fingerprint density at radius 2 is 2.18 bits per heavy atom. The predicted molar refractivity (Wildman–Crippen MR) is 85.5 cm³/mol. The number of carbonyl (C=O) groups is 1. The molecule has 1 aromatic heterocycles. The molecule has 6 nitrogen and oxygen atoms in total. The summed E-state index contributed by atoms with van der Waals surface area (Å²) >= 11 is 6.25. The maximum Gasteiger partial charge on any atom is 0.221 e. The van der Waals surface area contributed by atoms with Crippen molar-refractivity contribution >= 4 is 17.5 Å². The largest absolute Gasteiger partial charge is 0.354 e. The molecule has 118 valence electrons. The molecular weight excluding hydrogens is 302 g/mol. The third-order valence-electron chi connectivity index (χ3n) is 3.41. The minimum Gasteiger partial charge on any atom is -0.354 e. The van der Waals surface area contributed by atoms with Gasteiger partial charge in [0.2, 0.25) is 5.91 Å². The third-order valence-corrected chi connectivity index (χ3v) is 3.76. The summed E-state index contributed by atoms with van der Waals surface area (Å²) in [5.74, 6) is -0.0191. The van der Waals surface area contributed by atoms with Crippen molar-refractivity contribution in [1.82, 2.24) is 25.0 Å². The maximum atomic E-state index is 12.0. The lowest BCUT2D eigenvalue weighted by Crippen LogP contribution is -2.35. The van der Waals surface area contributed by atoms with Crippen molar-refractivity contribution in [2.45, 2.75) is 19.0 Å². The highest BCUT2D eigenvalue weighted by atomic mass is 35.5. The van der Waals surface area contributed by atoms with Crippen molar-refractivity contribution in [2.75, 3.05) is 20.6 Å². The molecule has 0 saturated carbocycles. The number of aryl methyl sites for hydroxylation is 1. The number of nitrogens with zero attached hydrogens (tertiary/aromatic N) is 4. The Labute approximate surface area is 135 Å². The fraction of sp³-hybridized carbons (Fsp3) is 0.400. The zero-order chi connectivity index (χ0) is 15.9. The standard InChI is InChI=1S/C15H20ClN5O/c1-20(2)14(12-5-3-4-6-13(12)16)9-18-15(22)7-8-21-11-17-10-19-21/h3-6,10-11,14H,7-9H2,1-2H3,(H,18,22)/t14-/m0/s1. The highest BCUT2D eigenvalue weighted by molar-refractivity contribution is 6.31. The van der Waals surface area contributed by atoms with Crippen LogP contribution in [0, 0.1) is 0 Å². The van der Waals surface area contributed by atoms with Gasteiger partial charge < -0.3 is 10.2 Å². The van der Waals surface area contributed by atoms with Gasteiger partial charge in [-0.1, -0.05) is 29.8 Å². The van der Waals surface area contributed by atoms with E-state index in [9.17, 15) is 4.79 Å². The van der Waals surface area contributed by atoms with E-state index in [4.69, 9.17) is 11.6 Å². The predicted octanol–water partition coefficient (Wildman–Crippen LogP) is 1.74. The lowest BCUT2D eigenvalue weighted by Gasteiger charge is -2.26. The first-order valence-corrected chi connectivity index (χ1v) is 7.45. The normalized spacial score (nSPS) is 12.4. The zero-order valence-electron chi connectivity index (χ0n) is 12.7. The molecule has 1 N–H and O–H groups in total. The van der Waals surface area contributed by atoms with E-state index < -0.39 is 0 Å². The molecule has 0 radical (unpaired) electrons. The first kappa shape index (κ1) is 16.5. The summed E-state index contributed by atoms with van der Waals surface area (Å²) in [6, 6.07) is 7.72. The molecule has 0 aliphatic heterocycles. The molecule has 1 heterocycles. The van der Waals surface area contributed by atoms with Gasteiger partial charge in [0, 0.05) is 18.0 Å². The molecule has 22 heavy (non-hydrogen) atoms. The van der Waals surface area contributed by atoms with Gasteiger partial charge in [0.15, 0.2) is 0 Å². The van der Waals surface area contributed by atoms with E-state index in [1.807, 2.05) is 43.3 Å².